The third kappa shape index (κ3) is 5.75. The Balaban J connectivity index is 2.46. The first-order valence-electron chi connectivity index (χ1n) is 5.89. The number of hydrogen-bond acceptors (Lipinski definition) is 5. The van der Waals surface area contributed by atoms with Gasteiger partial charge in [0.15, 0.2) is 0 Å². The molecule has 0 spiro atoms. The number of carboxylic acid groups (broad SMARTS) is 1. The zero-order valence-electron chi connectivity index (χ0n) is 10.9. The normalized spacial score (nSPS) is 9.85. The molecule has 1 rings (SSSR count). The zero-order chi connectivity index (χ0) is 15.0. The summed E-state index contributed by atoms with van der Waals surface area (Å²) in [6.07, 6.45) is 0. The van der Waals surface area contributed by atoms with E-state index in [2.05, 4.69) is 5.32 Å². The lowest BCUT2D eigenvalue weighted by Crippen LogP contribution is -2.15. The lowest BCUT2D eigenvalue weighted by atomic mass is 10.2. The molecule has 0 fully saturated rings. The summed E-state index contributed by atoms with van der Waals surface area (Å²) in [6.45, 7) is 2.03. The van der Waals surface area contributed by atoms with Crippen molar-refractivity contribution in [2.45, 2.75) is 6.92 Å². The van der Waals surface area contributed by atoms with Gasteiger partial charge >= 0.3 is 11.9 Å². The van der Waals surface area contributed by atoms with Crippen LogP contribution in [0.5, 0.6) is 0 Å². The second-order valence-corrected chi connectivity index (χ2v) is 4.72. The van der Waals surface area contributed by atoms with Crippen LogP contribution in [-0.4, -0.2) is 41.1 Å². The first-order valence-corrected chi connectivity index (χ1v) is 7.05. The number of thioether (sulfide) groups is 1. The van der Waals surface area contributed by atoms with Crippen molar-refractivity contribution in [3.05, 3.63) is 29.8 Å². The fourth-order valence-electron chi connectivity index (χ4n) is 1.33. The molecule has 7 heteroatoms. The monoisotopic (exact) mass is 297 g/mol. The predicted octanol–water partition coefficient (Wildman–Crippen LogP) is 1.62. The van der Waals surface area contributed by atoms with Gasteiger partial charge in [0.25, 0.3) is 0 Å². The maximum absolute atomic E-state index is 11.5. The van der Waals surface area contributed by atoms with E-state index in [9.17, 15) is 14.4 Å². The second-order valence-electron chi connectivity index (χ2n) is 3.73. The number of anilines is 1. The summed E-state index contributed by atoms with van der Waals surface area (Å²) in [5, 5.41) is 11.1. The van der Waals surface area contributed by atoms with Gasteiger partial charge in [0.05, 0.1) is 23.7 Å². The lowest BCUT2D eigenvalue weighted by molar-refractivity contribution is -0.133. The van der Waals surface area contributed by atoms with Crippen molar-refractivity contribution in [2.75, 3.05) is 23.4 Å². The van der Waals surface area contributed by atoms with E-state index >= 15 is 0 Å². The van der Waals surface area contributed by atoms with E-state index in [1.807, 2.05) is 0 Å². The minimum Gasteiger partial charge on any atom is -0.481 e. The van der Waals surface area contributed by atoms with Crippen molar-refractivity contribution >= 4 is 35.3 Å². The molecule has 0 aromatic heterocycles. The number of benzene rings is 1. The summed E-state index contributed by atoms with van der Waals surface area (Å²) in [5.74, 6) is -1.72. The second kappa shape index (κ2) is 8.21. The Hall–Kier alpha value is -2.02. The molecule has 0 heterocycles. The minimum atomic E-state index is -0.957. The van der Waals surface area contributed by atoms with Crippen molar-refractivity contribution < 1.29 is 24.2 Å². The Kier molecular flexibility index (Phi) is 6.58. The number of esters is 1. The van der Waals surface area contributed by atoms with Gasteiger partial charge in [-0.1, -0.05) is 0 Å². The Morgan fingerprint density at radius 3 is 2.40 bits per heavy atom. The highest BCUT2D eigenvalue weighted by atomic mass is 32.2. The number of carbonyl (C=O) groups is 3. The summed E-state index contributed by atoms with van der Waals surface area (Å²) in [6, 6.07) is 6.29. The molecule has 20 heavy (non-hydrogen) atoms. The largest absolute Gasteiger partial charge is 0.481 e. The van der Waals surface area contributed by atoms with Crippen LogP contribution >= 0.6 is 11.8 Å². The van der Waals surface area contributed by atoms with Crippen molar-refractivity contribution in [3.8, 4) is 0 Å². The highest BCUT2D eigenvalue weighted by Gasteiger charge is 2.07. The van der Waals surface area contributed by atoms with Crippen LogP contribution in [-0.2, 0) is 14.3 Å². The van der Waals surface area contributed by atoms with Crippen molar-refractivity contribution in [3.63, 3.8) is 0 Å². The summed E-state index contributed by atoms with van der Waals surface area (Å²) in [4.78, 5) is 33.2. The molecule has 0 aliphatic heterocycles. The van der Waals surface area contributed by atoms with Crippen molar-refractivity contribution in [2.24, 2.45) is 0 Å². The van der Waals surface area contributed by atoms with Gasteiger partial charge in [-0.15, -0.1) is 11.8 Å². The number of carbonyl (C=O) groups excluding carboxylic acids is 2. The van der Waals surface area contributed by atoms with Gasteiger partial charge in [-0.2, -0.15) is 0 Å². The zero-order valence-corrected chi connectivity index (χ0v) is 11.7. The van der Waals surface area contributed by atoms with E-state index in [1.54, 1.807) is 31.2 Å². The SMILES string of the molecule is CCOC(=O)c1ccc(NC(=O)CSCC(=O)O)cc1. The lowest BCUT2D eigenvalue weighted by Gasteiger charge is -2.06. The molecule has 0 saturated heterocycles. The number of hydrogen-bond donors (Lipinski definition) is 2. The van der Waals surface area contributed by atoms with E-state index in [4.69, 9.17) is 9.84 Å². The smallest absolute Gasteiger partial charge is 0.338 e. The summed E-state index contributed by atoms with van der Waals surface area (Å²) in [7, 11) is 0. The van der Waals surface area contributed by atoms with Gasteiger partial charge in [-0.3, -0.25) is 9.59 Å². The number of amides is 1. The molecule has 1 amide bonds. The molecular formula is C13H15NO5S. The number of rotatable bonds is 7. The molecule has 108 valence electrons. The van der Waals surface area contributed by atoms with Gasteiger partial charge in [0, 0.05) is 5.69 Å². The molecule has 0 saturated carbocycles. The van der Waals surface area contributed by atoms with Gasteiger partial charge < -0.3 is 15.2 Å². The molecule has 0 bridgehead atoms. The molecule has 0 aliphatic carbocycles. The first kappa shape index (κ1) is 16.0. The molecule has 1 aromatic rings. The topological polar surface area (TPSA) is 92.7 Å². The van der Waals surface area contributed by atoms with Gasteiger partial charge in [-0.05, 0) is 31.2 Å². The minimum absolute atomic E-state index is 0.0614. The molecule has 0 atom stereocenters. The van der Waals surface area contributed by atoms with Crippen LogP contribution < -0.4 is 5.32 Å². The van der Waals surface area contributed by atoms with Crippen LogP contribution in [0.1, 0.15) is 17.3 Å². The average molecular weight is 297 g/mol. The number of aliphatic carboxylic acids is 1. The summed E-state index contributed by atoms with van der Waals surface area (Å²) in [5.41, 5.74) is 0.948. The maximum atomic E-state index is 11.5. The molecular weight excluding hydrogens is 282 g/mol. The fraction of sp³-hybridized carbons (Fsp3) is 0.308. The van der Waals surface area contributed by atoms with Crippen LogP contribution in [0.25, 0.3) is 0 Å². The summed E-state index contributed by atoms with van der Waals surface area (Å²) < 4.78 is 4.84. The van der Waals surface area contributed by atoms with Crippen LogP contribution in [0.15, 0.2) is 24.3 Å². The first-order chi connectivity index (χ1) is 9.52. The van der Waals surface area contributed by atoms with E-state index in [0.29, 0.717) is 17.9 Å². The van der Waals surface area contributed by atoms with E-state index in [0.717, 1.165) is 11.8 Å². The Labute approximate surface area is 120 Å². The van der Waals surface area contributed by atoms with Gasteiger partial charge in [-0.25, -0.2) is 4.79 Å². The molecule has 0 radical (unpaired) electrons. The number of carboxylic acids is 1. The fourth-order valence-corrected chi connectivity index (χ4v) is 1.87. The van der Waals surface area contributed by atoms with Crippen LogP contribution in [0, 0.1) is 0 Å². The molecule has 6 nitrogen and oxygen atoms in total. The van der Waals surface area contributed by atoms with Gasteiger partial charge in [0.2, 0.25) is 5.91 Å². The van der Waals surface area contributed by atoms with Crippen molar-refractivity contribution in [1.82, 2.24) is 0 Å². The van der Waals surface area contributed by atoms with Gasteiger partial charge in [0.1, 0.15) is 0 Å². The Morgan fingerprint density at radius 2 is 1.85 bits per heavy atom. The third-order valence-corrected chi connectivity index (χ3v) is 3.06. The number of ether oxygens (including phenoxy) is 1. The predicted molar refractivity (Wildman–Crippen MR) is 76.0 cm³/mol. The molecule has 0 unspecified atom stereocenters. The highest BCUT2D eigenvalue weighted by molar-refractivity contribution is 8.00. The summed E-state index contributed by atoms with van der Waals surface area (Å²) >= 11 is 1.02. The van der Waals surface area contributed by atoms with Crippen LogP contribution in [0.4, 0.5) is 5.69 Å². The van der Waals surface area contributed by atoms with Crippen LogP contribution in [0.2, 0.25) is 0 Å². The number of nitrogens with one attached hydrogen (secondary N) is 1. The Morgan fingerprint density at radius 1 is 1.20 bits per heavy atom. The standard InChI is InChI=1S/C13H15NO5S/c1-2-19-13(18)9-3-5-10(6-4-9)14-11(15)7-20-8-12(16)17/h3-6H,2,7-8H2,1H3,(H,14,15)(H,16,17). The molecule has 0 aliphatic rings. The Bertz CT molecular complexity index is 486. The molecule has 2 N–H and O–H groups in total. The third-order valence-electron chi connectivity index (χ3n) is 2.14. The quantitative estimate of drug-likeness (QED) is 0.743. The van der Waals surface area contributed by atoms with E-state index < -0.39 is 11.9 Å². The van der Waals surface area contributed by atoms with Crippen LogP contribution in [0.3, 0.4) is 0 Å². The van der Waals surface area contributed by atoms with E-state index in [-0.39, 0.29) is 17.4 Å². The van der Waals surface area contributed by atoms with Crippen molar-refractivity contribution in [1.29, 1.82) is 0 Å². The van der Waals surface area contributed by atoms with E-state index in [1.165, 1.54) is 0 Å². The molecule has 1 aromatic carbocycles. The average Bonchev–Trinajstić information content (AvgIpc) is 2.39. The highest BCUT2D eigenvalue weighted by Crippen LogP contribution is 2.11. The maximum Gasteiger partial charge on any atom is 0.338 e.